The van der Waals surface area contributed by atoms with Crippen molar-refractivity contribution in [2.24, 2.45) is 16.2 Å². The van der Waals surface area contributed by atoms with Crippen molar-refractivity contribution in [1.29, 1.82) is 5.26 Å². The fraction of sp³-hybridized carbons (Fsp3) is 0.490. The summed E-state index contributed by atoms with van der Waals surface area (Å²) in [7, 11) is 0. The van der Waals surface area contributed by atoms with Crippen molar-refractivity contribution in [3.63, 3.8) is 0 Å². The van der Waals surface area contributed by atoms with Crippen LogP contribution in [0.5, 0.6) is 5.75 Å². The molecule has 2 aliphatic rings. The van der Waals surface area contributed by atoms with Gasteiger partial charge in [0.2, 0.25) is 17.7 Å². The van der Waals surface area contributed by atoms with Crippen molar-refractivity contribution >= 4 is 52.3 Å². The van der Waals surface area contributed by atoms with Crippen LogP contribution < -0.4 is 26.0 Å². The second-order valence-corrected chi connectivity index (χ2v) is 21.2. The number of aliphatic hydroxyl groups excluding tert-OH is 1. The van der Waals surface area contributed by atoms with Gasteiger partial charge in [-0.25, -0.2) is 4.98 Å². The Labute approximate surface area is 403 Å². The number of nitriles is 1. The molecule has 2 fully saturated rings. The summed E-state index contributed by atoms with van der Waals surface area (Å²) < 4.78 is 12.0. The molecule has 4 amide bonds. The summed E-state index contributed by atoms with van der Waals surface area (Å²) in [6.45, 7) is 18.3. The molecule has 14 nitrogen and oxygen atoms in total. The average Bonchev–Trinajstić information content (AvgIpc) is 3.90. The van der Waals surface area contributed by atoms with Crippen molar-refractivity contribution in [3.8, 4) is 22.3 Å². The maximum absolute atomic E-state index is 14.1. The fourth-order valence-electron chi connectivity index (χ4n) is 9.49. The van der Waals surface area contributed by atoms with Gasteiger partial charge in [-0.15, -0.1) is 11.3 Å². The lowest BCUT2D eigenvalue weighted by Crippen LogP contribution is -2.74. The molecule has 5 N–H and O–H groups in total. The molecule has 4 aromatic rings. The molecule has 4 atom stereocenters. The van der Waals surface area contributed by atoms with Crippen LogP contribution in [-0.4, -0.2) is 95.3 Å². The zero-order valence-corrected chi connectivity index (χ0v) is 41.4. The first-order valence-electron chi connectivity index (χ1n) is 22.8. The molecule has 3 aromatic carbocycles. The third kappa shape index (κ3) is 12.0. The van der Waals surface area contributed by atoms with Crippen LogP contribution in [0.1, 0.15) is 108 Å². The Morgan fingerprint density at radius 1 is 1.00 bits per heavy atom. The van der Waals surface area contributed by atoms with Crippen LogP contribution in [0.15, 0.2) is 72.2 Å². The van der Waals surface area contributed by atoms with Gasteiger partial charge in [0, 0.05) is 60.3 Å². The highest BCUT2D eigenvalue weighted by Crippen LogP contribution is 2.55. The first-order chi connectivity index (χ1) is 31.6. The number of β-amino-alcohol motifs (C(OH)–C–C–N with tert-alkyl or cyclic N) is 1. The van der Waals surface area contributed by atoms with Crippen molar-refractivity contribution in [1.82, 2.24) is 25.8 Å². The van der Waals surface area contributed by atoms with Crippen LogP contribution in [0.4, 0.5) is 5.69 Å². The third-order valence-corrected chi connectivity index (χ3v) is 14.2. The highest BCUT2D eigenvalue weighted by molar-refractivity contribution is 7.13. The van der Waals surface area contributed by atoms with Crippen molar-refractivity contribution in [3.05, 3.63) is 99.6 Å². The summed E-state index contributed by atoms with van der Waals surface area (Å²) in [5, 5.41) is 32.6. The van der Waals surface area contributed by atoms with Crippen LogP contribution in [0.3, 0.4) is 0 Å². The van der Waals surface area contributed by atoms with Gasteiger partial charge in [0.05, 0.1) is 38.8 Å². The Kier molecular flexibility index (Phi) is 16.1. The van der Waals surface area contributed by atoms with Gasteiger partial charge < -0.3 is 40.7 Å². The van der Waals surface area contributed by atoms with Gasteiger partial charge in [-0.2, -0.15) is 5.26 Å². The Morgan fingerprint density at radius 3 is 2.30 bits per heavy atom. The Hall–Kier alpha value is -5.53. The van der Waals surface area contributed by atoms with E-state index < -0.39 is 35.4 Å². The molecule has 358 valence electrons. The zero-order valence-electron chi connectivity index (χ0n) is 39.9. The number of halogens is 1. The topological polar surface area (TPSA) is 195 Å². The number of amides is 4. The molecule has 16 heteroatoms. The van der Waals surface area contributed by atoms with E-state index in [4.69, 9.17) is 21.1 Å². The number of thiazole rings is 1. The highest BCUT2D eigenvalue weighted by atomic mass is 35.5. The van der Waals surface area contributed by atoms with E-state index in [1.807, 2.05) is 76.5 Å². The molecule has 0 spiro atoms. The molecule has 1 aliphatic heterocycles. The number of nitrogens with zero attached hydrogens (tertiary/aromatic N) is 3. The van der Waals surface area contributed by atoms with Crippen LogP contribution in [0.25, 0.3) is 10.4 Å². The molecule has 2 heterocycles. The second-order valence-electron chi connectivity index (χ2n) is 19.9. The molecule has 1 saturated heterocycles. The number of anilines is 1. The molecular weight excluding hydrogens is 890 g/mol. The van der Waals surface area contributed by atoms with Gasteiger partial charge in [-0.3, -0.25) is 19.2 Å². The number of hydrogen-bond donors (Lipinski definition) is 5. The van der Waals surface area contributed by atoms with Gasteiger partial charge in [0.1, 0.15) is 36.6 Å². The SMILES string of the molecule is Cc1ncsc1-c1ccc(C(C)NC(=O)[C@@H]2C[C@@H](O)CN2C(=O)C(NC(=O)COCCCCNc2ccc(C(=O)N[C@H]3C(C)(C)[C@H](Oc4ccc(C#N)c(Cl)c4)C3(C)C)cc2)C(C)(C)C)cc1. The lowest BCUT2D eigenvalue weighted by molar-refractivity contribution is -0.164. The number of aliphatic hydroxyl groups is 1. The number of carbonyl (C=O) groups excluding carboxylic acids is 4. The molecule has 1 aliphatic carbocycles. The average molecular weight is 955 g/mol. The predicted octanol–water partition coefficient (Wildman–Crippen LogP) is 7.83. The van der Waals surface area contributed by atoms with Gasteiger partial charge in [-0.05, 0) is 79.6 Å². The molecule has 0 radical (unpaired) electrons. The minimum absolute atomic E-state index is 0.0187. The van der Waals surface area contributed by atoms with Crippen molar-refractivity contribution < 1.29 is 33.8 Å². The molecule has 2 unspecified atom stereocenters. The number of unbranched alkanes of at least 4 members (excludes halogenated alkanes) is 1. The van der Waals surface area contributed by atoms with E-state index in [-0.39, 0.29) is 60.4 Å². The Bertz CT molecular complexity index is 2430. The van der Waals surface area contributed by atoms with E-state index in [9.17, 15) is 29.5 Å². The van der Waals surface area contributed by atoms with Gasteiger partial charge in [-0.1, -0.05) is 84.3 Å². The van der Waals surface area contributed by atoms with Crippen LogP contribution in [0, 0.1) is 34.5 Å². The third-order valence-electron chi connectivity index (χ3n) is 12.9. The number of benzene rings is 3. The molecule has 67 heavy (non-hydrogen) atoms. The summed E-state index contributed by atoms with van der Waals surface area (Å²) in [5.41, 5.74) is 5.03. The lowest BCUT2D eigenvalue weighted by atomic mass is 9.49. The van der Waals surface area contributed by atoms with E-state index in [2.05, 4.69) is 60.0 Å². The summed E-state index contributed by atoms with van der Waals surface area (Å²) in [6, 6.07) is 19.9. The number of ether oxygens (including phenoxy) is 2. The largest absolute Gasteiger partial charge is 0.489 e. The van der Waals surface area contributed by atoms with Gasteiger partial charge in [0.25, 0.3) is 5.91 Å². The zero-order chi connectivity index (χ0) is 48.8. The van der Waals surface area contributed by atoms with E-state index in [0.29, 0.717) is 41.5 Å². The number of hydrogen-bond acceptors (Lipinski definition) is 11. The highest BCUT2D eigenvalue weighted by Gasteiger charge is 2.64. The molecular formula is C51H64ClN7O7S. The summed E-state index contributed by atoms with van der Waals surface area (Å²) in [4.78, 5) is 61.0. The molecule has 1 saturated carbocycles. The number of rotatable bonds is 18. The number of aromatic nitrogens is 1. The number of carbonyl (C=O) groups is 4. The van der Waals surface area contributed by atoms with Gasteiger partial charge in [0.15, 0.2) is 0 Å². The van der Waals surface area contributed by atoms with Crippen molar-refractivity contribution in [2.75, 3.05) is 31.6 Å². The summed E-state index contributed by atoms with van der Waals surface area (Å²) >= 11 is 7.81. The van der Waals surface area contributed by atoms with Crippen LogP contribution >= 0.6 is 22.9 Å². The maximum Gasteiger partial charge on any atom is 0.251 e. The Balaban J connectivity index is 0.906. The summed E-state index contributed by atoms with van der Waals surface area (Å²) in [6.07, 6.45) is 0.436. The Morgan fingerprint density at radius 2 is 1.69 bits per heavy atom. The maximum atomic E-state index is 14.1. The minimum Gasteiger partial charge on any atom is -0.489 e. The standard InChI is InChI=1S/C51H64ClN7O7S/c1-30(32-12-14-33(15-13-32)42-31(2)55-29-67-42)56-45(63)40-24-37(60)27-59(40)46(64)43(49(3,4)5)57-41(61)28-65-23-11-10-22-54-36-19-16-34(17-20-36)44(62)58-47-50(6,7)48(51(47,8)9)66-38-21-18-35(26-53)39(52)25-38/h12-21,25,29-30,37,40,43,47-48,54,60H,10-11,22-24,27-28H2,1-9H3,(H,56,63)(H,57,61)(H,58,62)/t30?,37-,40+,43?,47-,48-/m1/s1. The number of nitrogens with one attached hydrogen (secondary N) is 4. The first kappa shape index (κ1) is 50.9. The fourth-order valence-corrected chi connectivity index (χ4v) is 10.5. The first-order valence-corrected chi connectivity index (χ1v) is 24.0. The quantitative estimate of drug-likeness (QED) is 0.0614. The number of likely N-dealkylation sites (tertiary alicyclic amines) is 1. The van der Waals surface area contributed by atoms with Gasteiger partial charge >= 0.3 is 0 Å². The normalized spacial score (nSPS) is 20.4. The second kappa shape index (κ2) is 21.2. The summed E-state index contributed by atoms with van der Waals surface area (Å²) in [5.74, 6) is -0.861. The minimum atomic E-state index is -0.962. The number of aryl methyl sites for hydroxylation is 1. The molecule has 0 bridgehead atoms. The smallest absolute Gasteiger partial charge is 0.251 e. The monoisotopic (exact) mass is 953 g/mol. The predicted molar refractivity (Wildman–Crippen MR) is 261 cm³/mol. The van der Waals surface area contributed by atoms with E-state index >= 15 is 0 Å². The van der Waals surface area contributed by atoms with E-state index in [0.717, 1.165) is 33.8 Å². The molecule has 1 aromatic heterocycles. The van der Waals surface area contributed by atoms with Crippen molar-refractivity contribution in [2.45, 2.75) is 118 Å². The molecule has 6 rings (SSSR count). The van der Waals surface area contributed by atoms with E-state index in [1.54, 1.807) is 41.7 Å². The van der Waals surface area contributed by atoms with Crippen LogP contribution in [-0.2, 0) is 19.1 Å². The van der Waals surface area contributed by atoms with E-state index in [1.165, 1.54) is 4.90 Å². The van der Waals surface area contributed by atoms with Crippen LogP contribution in [0.2, 0.25) is 5.02 Å². The lowest BCUT2D eigenvalue weighted by Gasteiger charge is -2.63.